The van der Waals surface area contributed by atoms with Gasteiger partial charge in [0.15, 0.2) is 5.01 Å². The van der Waals surface area contributed by atoms with Crippen LogP contribution in [0.25, 0.3) is 0 Å². The number of hydrogen-bond donors (Lipinski definition) is 1. The van der Waals surface area contributed by atoms with Gasteiger partial charge in [0.2, 0.25) is 11.0 Å². The van der Waals surface area contributed by atoms with Crippen molar-refractivity contribution >= 4 is 61.5 Å². The van der Waals surface area contributed by atoms with Crippen LogP contribution in [0.2, 0.25) is 10.0 Å². The number of ether oxygens (including phenoxy) is 1. The molecule has 0 spiro atoms. The Labute approximate surface area is 238 Å². The van der Waals surface area contributed by atoms with Gasteiger partial charge in [-0.2, -0.15) is 0 Å². The van der Waals surface area contributed by atoms with Crippen molar-refractivity contribution < 1.29 is 22.7 Å². The molecule has 9 nitrogen and oxygen atoms in total. The van der Waals surface area contributed by atoms with Crippen LogP contribution in [0.4, 0.5) is 5.13 Å². The maximum Gasteiger partial charge on any atom is 0.266 e. The average Bonchev–Trinajstić information content (AvgIpc) is 3.55. The fraction of sp³-hybridized carbons (Fsp3) is 0.154. The molecule has 1 aromatic heterocycles. The van der Waals surface area contributed by atoms with Crippen molar-refractivity contribution in [2.24, 2.45) is 0 Å². The van der Waals surface area contributed by atoms with Crippen LogP contribution < -0.4 is 10.1 Å². The first-order chi connectivity index (χ1) is 18.7. The van der Waals surface area contributed by atoms with Gasteiger partial charge in [-0.25, -0.2) is 12.7 Å². The van der Waals surface area contributed by atoms with Crippen molar-refractivity contribution in [1.82, 2.24) is 14.5 Å². The second-order valence-corrected chi connectivity index (χ2v) is 12.4. The molecule has 0 unspecified atom stereocenters. The average molecular weight is 604 g/mol. The number of sulfonamides is 1. The fourth-order valence-corrected chi connectivity index (χ4v) is 6.66. The molecule has 0 radical (unpaired) electrons. The molecule has 1 aliphatic heterocycles. The van der Waals surface area contributed by atoms with E-state index >= 15 is 0 Å². The van der Waals surface area contributed by atoms with Crippen LogP contribution in [-0.4, -0.2) is 41.3 Å². The predicted molar refractivity (Wildman–Crippen MR) is 148 cm³/mol. The largest absolute Gasteiger partial charge is 0.485 e. The Kier molecular flexibility index (Phi) is 7.85. The lowest BCUT2D eigenvalue weighted by Crippen LogP contribution is -2.32. The third-order valence-electron chi connectivity index (χ3n) is 5.97. The Balaban J connectivity index is 1.25. The number of rotatable bonds is 8. The van der Waals surface area contributed by atoms with Gasteiger partial charge in [-0.15, -0.1) is 10.2 Å². The molecule has 2 amide bonds. The van der Waals surface area contributed by atoms with E-state index in [1.807, 2.05) is 30.3 Å². The maximum absolute atomic E-state index is 13.3. The van der Waals surface area contributed by atoms with E-state index in [1.165, 1.54) is 24.3 Å². The molecule has 0 aliphatic carbocycles. The summed E-state index contributed by atoms with van der Waals surface area (Å²) < 4.78 is 33.1. The predicted octanol–water partition coefficient (Wildman–Crippen LogP) is 5.38. The van der Waals surface area contributed by atoms with Gasteiger partial charge in [-0.1, -0.05) is 70.9 Å². The summed E-state index contributed by atoms with van der Waals surface area (Å²) in [5.74, 6) is -0.869. The van der Waals surface area contributed by atoms with E-state index < -0.39 is 21.8 Å². The quantitative estimate of drug-likeness (QED) is 0.287. The number of aromatic nitrogens is 2. The van der Waals surface area contributed by atoms with E-state index in [0.717, 1.165) is 21.2 Å². The first kappa shape index (κ1) is 27.1. The minimum Gasteiger partial charge on any atom is -0.485 e. The van der Waals surface area contributed by atoms with Gasteiger partial charge < -0.3 is 4.74 Å². The van der Waals surface area contributed by atoms with Crippen molar-refractivity contribution in [1.29, 1.82) is 0 Å². The number of halogens is 2. The summed E-state index contributed by atoms with van der Waals surface area (Å²) in [7, 11) is -4.15. The topological polar surface area (TPSA) is 119 Å². The van der Waals surface area contributed by atoms with Gasteiger partial charge in [0.1, 0.15) is 12.4 Å². The van der Waals surface area contributed by atoms with Crippen LogP contribution in [0.5, 0.6) is 5.75 Å². The minimum absolute atomic E-state index is 0.0401. The molecule has 1 atom stereocenters. The van der Waals surface area contributed by atoms with Gasteiger partial charge in [0.25, 0.3) is 15.9 Å². The fourth-order valence-electron chi connectivity index (χ4n) is 4.05. The van der Waals surface area contributed by atoms with Crippen molar-refractivity contribution in [2.75, 3.05) is 11.9 Å². The first-order valence-corrected chi connectivity index (χ1v) is 14.6. The number of amides is 2. The summed E-state index contributed by atoms with van der Waals surface area (Å²) in [4.78, 5) is 25.4. The van der Waals surface area contributed by atoms with Gasteiger partial charge in [-0.3, -0.25) is 14.9 Å². The zero-order valence-corrected chi connectivity index (χ0v) is 23.2. The minimum atomic E-state index is -4.15. The number of carbonyl (C=O) groups is 2. The molecule has 1 aliphatic rings. The first-order valence-electron chi connectivity index (χ1n) is 11.6. The molecule has 0 bridgehead atoms. The number of hydrogen-bond acceptors (Lipinski definition) is 8. The van der Waals surface area contributed by atoms with Crippen molar-refractivity contribution in [3.8, 4) is 5.75 Å². The highest BCUT2D eigenvalue weighted by molar-refractivity contribution is 7.89. The third-order valence-corrected chi connectivity index (χ3v) is 9.10. The lowest BCUT2D eigenvalue weighted by atomic mass is 9.99. The summed E-state index contributed by atoms with van der Waals surface area (Å²) in [6.07, 6.45) is 0.0940. The van der Waals surface area contributed by atoms with E-state index in [-0.39, 0.29) is 41.1 Å². The van der Waals surface area contributed by atoms with Crippen LogP contribution >= 0.6 is 34.5 Å². The normalized spacial score (nSPS) is 15.4. The highest BCUT2D eigenvalue weighted by atomic mass is 35.5. The molecule has 200 valence electrons. The standard InChI is InChI=1S/C26H20Cl2N4O5S2/c27-19-9-10-22(21(28)13-19)37-15-23-30-31-26(38-23)29-25(34)17-7-4-8-20(11-17)39(35,36)32-14-18(12-24(32)33)16-5-2-1-3-6-16/h1-11,13,18H,12,14-15H2,(H,29,31,34)/t18-/m0/s1. The van der Waals surface area contributed by atoms with Crippen LogP contribution in [0.3, 0.4) is 0 Å². The summed E-state index contributed by atoms with van der Waals surface area (Å²) in [5.41, 5.74) is 0.984. The number of benzene rings is 3. The van der Waals surface area contributed by atoms with Gasteiger partial charge in [-0.05, 0) is 42.0 Å². The molecule has 1 saturated heterocycles. The van der Waals surface area contributed by atoms with E-state index in [1.54, 1.807) is 18.2 Å². The highest BCUT2D eigenvalue weighted by Crippen LogP contribution is 2.32. The van der Waals surface area contributed by atoms with Crippen LogP contribution in [0.15, 0.2) is 77.7 Å². The number of anilines is 1. The van der Waals surface area contributed by atoms with Gasteiger partial charge in [0.05, 0.1) is 9.92 Å². The Morgan fingerprint density at radius 1 is 1.05 bits per heavy atom. The Morgan fingerprint density at radius 2 is 1.85 bits per heavy atom. The van der Waals surface area contributed by atoms with Gasteiger partial charge >= 0.3 is 0 Å². The molecule has 3 aromatic carbocycles. The molecule has 39 heavy (non-hydrogen) atoms. The summed E-state index contributed by atoms with van der Waals surface area (Å²) in [6.45, 7) is 0.106. The zero-order chi connectivity index (χ0) is 27.6. The summed E-state index contributed by atoms with van der Waals surface area (Å²) in [5, 5.41) is 12.1. The summed E-state index contributed by atoms with van der Waals surface area (Å²) in [6, 6.07) is 19.7. The van der Waals surface area contributed by atoms with E-state index in [9.17, 15) is 18.0 Å². The van der Waals surface area contributed by atoms with Gasteiger partial charge in [0, 0.05) is 29.5 Å². The molecule has 0 saturated carbocycles. The molecule has 4 aromatic rings. The SMILES string of the molecule is O=C(Nc1nnc(COc2ccc(Cl)cc2Cl)s1)c1cccc(S(=O)(=O)N2C[C@@H](c3ccccc3)CC2=O)c1. The Morgan fingerprint density at radius 3 is 2.62 bits per heavy atom. The molecule has 13 heteroatoms. The molecular formula is C26H20Cl2N4O5S2. The van der Waals surface area contributed by atoms with Crippen molar-refractivity contribution in [3.05, 3.63) is 99.0 Å². The Hall–Kier alpha value is -3.51. The monoisotopic (exact) mass is 602 g/mol. The second kappa shape index (κ2) is 11.3. The smallest absolute Gasteiger partial charge is 0.266 e. The zero-order valence-electron chi connectivity index (χ0n) is 20.1. The molecular weight excluding hydrogens is 583 g/mol. The molecule has 2 heterocycles. The number of carbonyl (C=O) groups excluding carboxylic acids is 2. The lowest BCUT2D eigenvalue weighted by Gasteiger charge is -2.17. The van der Waals surface area contributed by atoms with Crippen LogP contribution in [0, 0.1) is 0 Å². The van der Waals surface area contributed by atoms with E-state index in [4.69, 9.17) is 27.9 Å². The lowest BCUT2D eigenvalue weighted by molar-refractivity contribution is -0.123. The molecule has 1 N–H and O–H groups in total. The summed E-state index contributed by atoms with van der Waals surface area (Å²) >= 11 is 13.1. The number of nitrogens with zero attached hydrogens (tertiary/aromatic N) is 3. The molecule has 1 fully saturated rings. The highest BCUT2D eigenvalue weighted by Gasteiger charge is 2.39. The third kappa shape index (κ3) is 6.06. The van der Waals surface area contributed by atoms with Crippen molar-refractivity contribution in [3.63, 3.8) is 0 Å². The Bertz CT molecular complexity index is 1650. The molecule has 5 rings (SSSR count). The number of nitrogens with one attached hydrogen (secondary N) is 1. The van der Waals surface area contributed by atoms with Crippen LogP contribution in [-0.2, 0) is 21.4 Å². The second-order valence-electron chi connectivity index (χ2n) is 8.59. The maximum atomic E-state index is 13.3. The van der Waals surface area contributed by atoms with E-state index in [2.05, 4.69) is 15.5 Å². The van der Waals surface area contributed by atoms with Crippen LogP contribution in [0.1, 0.15) is 33.3 Å². The van der Waals surface area contributed by atoms with E-state index in [0.29, 0.717) is 20.8 Å². The van der Waals surface area contributed by atoms with Crippen molar-refractivity contribution in [2.45, 2.75) is 23.8 Å².